The van der Waals surface area contributed by atoms with Crippen LogP contribution < -0.4 is 5.32 Å². The molecule has 0 spiro atoms. The minimum atomic E-state index is -0.379. The summed E-state index contributed by atoms with van der Waals surface area (Å²) < 4.78 is 18.9. The van der Waals surface area contributed by atoms with Crippen molar-refractivity contribution in [2.75, 3.05) is 33.4 Å². The molecule has 2 rings (SSSR count). The molecule has 0 atom stereocenters. The number of nitrogens with one attached hydrogen (secondary N) is 1. The van der Waals surface area contributed by atoms with Crippen molar-refractivity contribution in [3.05, 3.63) is 35.1 Å². The van der Waals surface area contributed by atoms with Gasteiger partial charge in [0, 0.05) is 38.9 Å². The Labute approximate surface area is 173 Å². The zero-order valence-electron chi connectivity index (χ0n) is 15.7. The summed E-state index contributed by atoms with van der Waals surface area (Å²) in [5.74, 6) is 1.20. The van der Waals surface area contributed by atoms with E-state index >= 15 is 0 Å². The third-order valence-electron chi connectivity index (χ3n) is 4.60. The molecule has 148 valence electrons. The van der Waals surface area contributed by atoms with Gasteiger partial charge in [-0.3, -0.25) is 0 Å². The molecule has 2 N–H and O–H groups in total. The van der Waals surface area contributed by atoms with E-state index in [1.54, 1.807) is 12.1 Å². The molecular formula is C19H31FIN3O2. The van der Waals surface area contributed by atoms with Gasteiger partial charge in [0.1, 0.15) is 5.82 Å². The van der Waals surface area contributed by atoms with Crippen LogP contribution in [0.1, 0.15) is 37.3 Å². The molecule has 0 radical (unpaired) electrons. The van der Waals surface area contributed by atoms with E-state index in [4.69, 9.17) is 4.74 Å². The first kappa shape index (κ1) is 23.1. The monoisotopic (exact) mass is 479 g/mol. The standard InChI is InChI=1S/C19H30FN3O2.HI/c1-3-21-19(23(2)9-6-15-7-10-25-11-8-15)22-13-16-4-5-18(20)17(12-16)14-24;/h4-5,12,15,24H,3,6-11,13-14H2,1-2H3,(H,21,22);1H. The number of guanidine groups is 1. The van der Waals surface area contributed by atoms with Gasteiger partial charge in [-0.25, -0.2) is 9.38 Å². The SMILES string of the molecule is CCNC(=NCc1ccc(F)c(CO)c1)N(C)CCC1CCOCC1.I. The summed E-state index contributed by atoms with van der Waals surface area (Å²) in [6.45, 7) is 5.70. The lowest BCUT2D eigenvalue weighted by Crippen LogP contribution is -2.40. The molecule has 1 fully saturated rings. The molecule has 0 amide bonds. The van der Waals surface area contributed by atoms with Crippen LogP contribution in [0.5, 0.6) is 0 Å². The molecule has 1 aliphatic heterocycles. The van der Waals surface area contributed by atoms with Crippen LogP contribution in [-0.2, 0) is 17.9 Å². The lowest BCUT2D eigenvalue weighted by molar-refractivity contribution is 0.0625. The van der Waals surface area contributed by atoms with Crippen LogP contribution in [0.2, 0.25) is 0 Å². The number of rotatable bonds is 7. The van der Waals surface area contributed by atoms with E-state index in [1.807, 2.05) is 14.0 Å². The molecule has 0 aliphatic carbocycles. The van der Waals surface area contributed by atoms with Crippen LogP contribution in [-0.4, -0.2) is 49.3 Å². The van der Waals surface area contributed by atoms with Crippen molar-refractivity contribution in [2.24, 2.45) is 10.9 Å². The molecule has 5 nitrogen and oxygen atoms in total. The van der Waals surface area contributed by atoms with Crippen molar-refractivity contribution in [2.45, 2.75) is 39.3 Å². The van der Waals surface area contributed by atoms with Crippen LogP contribution in [0.25, 0.3) is 0 Å². The summed E-state index contributed by atoms with van der Waals surface area (Å²) in [7, 11) is 2.05. The van der Waals surface area contributed by atoms with Crippen molar-refractivity contribution in [1.82, 2.24) is 10.2 Å². The minimum absolute atomic E-state index is 0. The highest BCUT2D eigenvalue weighted by molar-refractivity contribution is 14.0. The normalized spacial score (nSPS) is 15.5. The Morgan fingerprint density at radius 3 is 2.77 bits per heavy atom. The number of benzene rings is 1. The van der Waals surface area contributed by atoms with E-state index < -0.39 is 0 Å². The van der Waals surface area contributed by atoms with Crippen molar-refractivity contribution < 1.29 is 14.2 Å². The average Bonchev–Trinajstić information content (AvgIpc) is 2.65. The highest BCUT2D eigenvalue weighted by Crippen LogP contribution is 2.18. The Balaban J connectivity index is 0.00000338. The molecular weight excluding hydrogens is 448 g/mol. The molecule has 1 heterocycles. The predicted octanol–water partition coefficient (Wildman–Crippen LogP) is 3.15. The summed E-state index contributed by atoms with van der Waals surface area (Å²) >= 11 is 0. The average molecular weight is 479 g/mol. The fraction of sp³-hybridized carbons (Fsp3) is 0.632. The van der Waals surface area contributed by atoms with E-state index in [9.17, 15) is 9.50 Å². The van der Waals surface area contributed by atoms with Gasteiger partial charge in [0.2, 0.25) is 0 Å². The Bertz CT molecular complexity index is 566. The third kappa shape index (κ3) is 7.36. The van der Waals surface area contributed by atoms with Crippen LogP contribution in [0.15, 0.2) is 23.2 Å². The van der Waals surface area contributed by atoms with Crippen molar-refractivity contribution in [3.8, 4) is 0 Å². The number of aliphatic hydroxyl groups is 1. The van der Waals surface area contributed by atoms with Gasteiger partial charge in [0.05, 0.1) is 13.2 Å². The van der Waals surface area contributed by atoms with Crippen molar-refractivity contribution >= 4 is 29.9 Å². The second-order valence-electron chi connectivity index (χ2n) is 6.52. The summed E-state index contributed by atoms with van der Waals surface area (Å²) in [5.41, 5.74) is 1.20. The van der Waals surface area contributed by atoms with E-state index in [0.29, 0.717) is 12.1 Å². The number of halogens is 2. The first-order chi connectivity index (χ1) is 12.1. The summed E-state index contributed by atoms with van der Waals surface area (Å²) in [6.07, 6.45) is 3.41. The number of nitrogens with zero attached hydrogens (tertiary/aromatic N) is 2. The number of ether oxygens (including phenoxy) is 1. The minimum Gasteiger partial charge on any atom is -0.392 e. The first-order valence-electron chi connectivity index (χ1n) is 9.09. The molecule has 0 bridgehead atoms. The van der Waals surface area contributed by atoms with Crippen molar-refractivity contribution in [3.63, 3.8) is 0 Å². The molecule has 7 heteroatoms. The van der Waals surface area contributed by atoms with Crippen LogP contribution in [0, 0.1) is 11.7 Å². The van der Waals surface area contributed by atoms with Crippen LogP contribution >= 0.6 is 24.0 Å². The smallest absolute Gasteiger partial charge is 0.193 e. The maximum absolute atomic E-state index is 13.5. The van der Waals surface area contributed by atoms with Crippen LogP contribution in [0.4, 0.5) is 4.39 Å². The molecule has 26 heavy (non-hydrogen) atoms. The molecule has 1 saturated heterocycles. The van der Waals surface area contributed by atoms with Crippen molar-refractivity contribution in [1.29, 1.82) is 0 Å². The molecule has 0 unspecified atom stereocenters. The second-order valence-corrected chi connectivity index (χ2v) is 6.52. The Hall–Kier alpha value is -0.930. The number of hydrogen-bond acceptors (Lipinski definition) is 3. The molecule has 1 aromatic carbocycles. The van der Waals surface area contributed by atoms with Gasteiger partial charge in [-0.2, -0.15) is 0 Å². The molecule has 1 aliphatic rings. The summed E-state index contributed by atoms with van der Waals surface area (Å²) in [5, 5.41) is 12.5. The third-order valence-corrected chi connectivity index (χ3v) is 4.60. The van der Waals surface area contributed by atoms with Gasteiger partial charge < -0.3 is 20.1 Å². The Morgan fingerprint density at radius 2 is 2.12 bits per heavy atom. The lowest BCUT2D eigenvalue weighted by atomic mass is 9.96. The molecule has 1 aromatic rings. The molecule has 0 saturated carbocycles. The fourth-order valence-corrected chi connectivity index (χ4v) is 3.00. The van der Waals surface area contributed by atoms with Gasteiger partial charge in [-0.05, 0) is 49.8 Å². The predicted molar refractivity (Wildman–Crippen MR) is 113 cm³/mol. The van der Waals surface area contributed by atoms with E-state index in [2.05, 4.69) is 15.2 Å². The zero-order valence-corrected chi connectivity index (χ0v) is 18.0. The van der Waals surface area contributed by atoms with E-state index in [-0.39, 0.29) is 36.4 Å². The summed E-state index contributed by atoms with van der Waals surface area (Å²) in [4.78, 5) is 6.80. The Kier molecular flexibility index (Phi) is 11.1. The number of aliphatic imine (C=N–C) groups is 1. The van der Waals surface area contributed by atoms with E-state index in [1.165, 1.54) is 6.07 Å². The quantitative estimate of drug-likeness (QED) is 0.359. The first-order valence-corrected chi connectivity index (χ1v) is 9.09. The Morgan fingerprint density at radius 1 is 1.38 bits per heavy atom. The zero-order chi connectivity index (χ0) is 18.1. The maximum atomic E-state index is 13.5. The van der Waals surface area contributed by atoms with Crippen LogP contribution in [0.3, 0.4) is 0 Å². The van der Waals surface area contributed by atoms with Gasteiger partial charge >= 0.3 is 0 Å². The van der Waals surface area contributed by atoms with E-state index in [0.717, 1.165) is 63.0 Å². The fourth-order valence-electron chi connectivity index (χ4n) is 3.00. The maximum Gasteiger partial charge on any atom is 0.193 e. The lowest BCUT2D eigenvalue weighted by Gasteiger charge is -2.26. The molecule has 0 aromatic heterocycles. The topological polar surface area (TPSA) is 57.1 Å². The highest BCUT2D eigenvalue weighted by atomic mass is 127. The number of hydrogen-bond donors (Lipinski definition) is 2. The second kappa shape index (κ2) is 12.5. The van der Waals surface area contributed by atoms with Gasteiger partial charge in [0.15, 0.2) is 5.96 Å². The summed E-state index contributed by atoms with van der Waals surface area (Å²) in [6, 6.07) is 4.77. The largest absolute Gasteiger partial charge is 0.392 e. The highest BCUT2D eigenvalue weighted by Gasteiger charge is 2.15. The van der Waals surface area contributed by atoms with Gasteiger partial charge in [-0.15, -0.1) is 24.0 Å². The van der Waals surface area contributed by atoms with Gasteiger partial charge in [-0.1, -0.05) is 6.07 Å². The van der Waals surface area contributed by atoms with Gasteiger partial charge in [0.25, 0.3) is 0 Å². The number of aliphatic hydroxyl groups excluding tert-OH is 1.